The highest BCUT2D eigenvalue weighted by atomic mass is 31.2. The lowest BCUT2D eigenvalue weighted by Crippen LogP contribution is -2.23. The molecule has 0 fully saturated rings. The van der Waals surface area contributed by atoms with E-state index >= 15 is 0 Å². The summed E-state index contributed by atoms with van der Waals surface area (Å²) in [6, 6.07) is 7.37. The van der Waals surface area contributed by atoms with Gasteiger partial charge in [0.15, 0.2) is 11.2 Å². The number of Topliss-reactive ketones (excluding diaryl/α,β-unsaturated/α-hetero) is 1. The Morgan fingerprint density at radius 1 is 0.900 bits per heavy atom. The summed E-state index contributed by atoms with van der Waals surface area (Å²) in [6.07, 6.45) is 1.67. The lowest BCUT2D eigenvalue weighted by molar-refractivity contribution is 0.101. The van der Waals surface area contributed by atoms with Crippen LogP contribution in [0.3, 0.4) is 0 Å². The normalized spacial score (nSPS) is 12.7. The SMILES string of the molecule is CCOP(=O)(OCC)C(Cn1cc(C(C)=O)c2ccccc21)P(=O)(OCC)OCC. The van der Waals surface area contributed by atoms with Gasteiger partial charge in [0.1, 0.15) is 0 Å². The van der Waals surface area contributed by atoms with Crippen LogP contribution in [0.1, 0.15) is 45.0 Å². The molecule has 2 aromatic rings. The first-order valence-electron chi connectivity index (χ1n) is 10.1. The Hall–Kier alpha value is -1.27. The van der Waals surface area contributed by atoms with E-state index in [2.05, 4.69) is 0 Å². The summed E-state index contributed by atoms with van der Waals surface area (Å²) >= 11 is 0. The van der Waals surface area contributed by atoms with Crippen LogP contribution in [0.25, 0.3) is 10.9 Å². The Morgan fingerprint density at radius 2 is 1.37 bits per heavy atom. The lowest BCUT2D eigenvalue weighted by atomic mass is 10.1. The monoisotopic (exact) mass is 459 g/mol. The number of fused-ring (bicyclic) bond motifs is 1. The highest BCUT2D eigenvalue weighted by Crippen LogP contribution is 2.70. The van der Waals surface area contributed by atoms with Crippen molar-refractivity contribution in [3.63, 3.8) is 0 Å². The average Bonchev–Trinajstić information content (AvgIpc) is 3.06. The molecule has 0 aliphatic rings. The minimum atomic E-state index is -3.89. The second kappa shape index (κ2) is 10.9. The van der Waals surface area contributed by atoms with Gasteiger partial charge in [-0.2, -0.15) is 0 Å². The second-order valence-corrected chi connectivity index (χ2v) is 11.3. The predicted molar refractivity (Wildman–Crippen MR) is 117 cm³/mol. The molecule has 1 aromatic carbocycles. The molecule has 0 unspecified atom stereocenters. The van der Waals surface area contributed by atoms with Crippen LogP contribution in [0.2, 0.25) is 0 Å². The number of hydrogen-bond donors (Lipinski definition) is 0. The van der Waals surface area contributed by atoms with E-state index in [0.717, 1.165) is 10.9 Å². The van der Waals surface area contributed by atoms with Gasteiger partial charge in [-0.25, -0.2) is 0 Å². The molecule has 0 saturated carbocycles. The summed E-state index contributed by atoms with van der Waals surface area (Å²) in [7, 11) is -7.77. The number of carbonyl (C=O) groups excluding carboxylic acids is 1. The van der Waals surface area contributed by atoms with Gasteiger partial charge in [0.25, 0.3) is 0 Å². The molecule has 168 valence electrons. The first-order valence-corrected chi connectivity index (χ1v) is 13.3. The average molecular weight is 459 g/mol. The van der Waals surface area contributed by atoms with E-state index in [0.29, 0.717) is 5.56 Å². The molecule has 0 atom stereocenters. The zero-order chi connectivity index (χ0) is 22.4. The standard InChI is InChI=1S/C20H31NO7P2/c1-6-25-29(23,26-7-2)20(30(24,27-8-3)28-9-4)15-21-14-18(16(5)22)17-12-10-11-13-19(17)21/h10-14,20H,6-9,15H2,1-5H3. The van der Waals surface area contributed by atoms with Crippen LogP contribution in [0, 0.1) is 0 Å². The van der Waals surface area contributed by atoms with Crippen molar-refractivity contribution in [2.24, 2.45) is 0 Å². The molecule has 10 heteroatoms. The summed E-state index contributed by atoms with van der Waals surface area (Å²) in [4.78, 5) is 12.1. The third kappa shape index (κ3) is 5.31. The maximum atomic E-state index is 13.7. The van der Waals surface area contributed by atoms with Crippen molar-refractivity contribution in [3.05, 3.63) is 36.0 Å². The van der Waals surface area contributed by atoms with Crippen LogP contribution in [-0.4, -0.2) is 42.2 Å². The van der Waals surface area contributed by atoms with E-state index in [-0.39, 0.29) is 38.8 Å². The molecular formula is C20H31NO7P2. The van der Waals surface area contributed by atoms with Crippen LogP contribution in [0.15, 0.2) is 30.5 Å². The number of aromatic nitrogens is 1. The van der Waals surface area contributed by atoms with Gasteiger partial charge in [-0.3, -0.25) is 13.9 Å². The minimum Gasteiger partial charge on any atom is -0.345 e. The molecule has 30 heavy (non-hydrogen) atoms. The fraction of sp³-hybridized carbons (Fsp3) is 0.550. The van der Waals surface area contributed by atoms with Crippen LogP contribution in [-0.2, 0) is 33.8 Å². The fourth-order valence-electron chi connectivity index (χ4n) is 3.37. The smallest absolute Gasteiger partial charge is 0.345 e. The van der Waals surface area contributed by atoms with Crippen molar-refractivity contribution in [2.75, 3.05) is 26.4 Å². The van der Waals surface area contributed by atoms with E-state index in [1.54, 1.807) is 38.5 Å². The third-order valence-corrected chi connectivity index (χ3v) is 10.5. The number of benzene rings is 1. The van der Waals surface area contributed by atoms with Crippen molar-refractivity contribution in [1.29, 1.82) is 0 Å². The largest absolute Gasteiger partial charge is 0.347 e. The van der Waals surface area contributed by atoms with Crippen LogP contribution >= 0.6 is 15.2 Å². The lowest BCUT2D eigenvalue weighted by Gasteiger charge is -2.31. The molecule has 0 saturated heterocycles. The van der Waals surface area contributed by atoms with Crippen LogP contribution in [0.5, 0.6) is 0 Å². The number of nitrogens with zero attached hydrogens (tertiary/aromatic N) is 1. The number of rotatable bonds is 13. The molecule has 8 nitrogen and oxygen atoms in total. The van der Waals surface area contributed by atoms with Gasteiger partial charge >= 0.3 is 15.2 Å². The van der Waals surface area contributed by atoms with E-state index < -0.39 is 20.6 Å². The highest BCUT2D eigenvalue weighted by molar-refractivity contribution is 7.72. The molecule has 0 spiro atoms. The molecule has 2 rings (SSSR count). The zero-order valence-corrected chi connectivity index (χ0v) is 20.0. The van der Waals surface area contributed by atoms with Crippen molar-refractivity contribution in [2.45, 2.75) is 46.6 Å². The van der Waals surface area contributed by atoms with E-state index in [1.165, 1.54) is 6.92 Å². The van der Waals surface area contributed by atoms with E-state index in [1.807, 2.05) is 24.3 Å². The van der Waals surface area contributed by atoms with E-state index in [4.69, 9.17) is 18.1 Å². The first-order chi connectivity index (χ1) is 14.3. The molecule has 0 aliphatic heterocycles. The molecule has 0 bridgehead atoms. The number of hydrogen-bond acceptors (Lipinski definition) is 7. The summed E-state index contributed by atoms with van der Waals surface area (Å²) in [6.45, 7) is 8.65. The molecule has 0 amide bonds. The Kier molecular flexibility index (Phi) is 9.04. The molecule has 1 aromatic heterocycles. The van der Waals surface area contributed by atoms with Gasteiger partial charge in [-0.05, 0) is 40.7 Å². The van der Waals surface area contributed by atoms with Gasteiger partial charge in [0, 0.05) is 29.2 Å². The topological polar surface area (TPSA) is 93.1 Å². The number of ketones is 1. The van der Waals surface area contributed by atoms with Crippen molar-refractivity contribution >= 4 is 31.9 Å². The van der Waals surface area contributed by atoms with Crippen molar-refractivity contribution < 1.29 is 32.0 Å². The fourth-order valence-corrected chi connectivity index (χ4v) is 8.58. The summed E-state index contributed by atoms with van der Waals surface area (Å²) < 4.78 is 51.3. The molecular weight excluding hydrogens is 428 g/mol. The van der Waals surface area contributed by atoms with Gasteiger partial charge in [-0.1, -0.05) is 18.2 Å². The Balaban J connectivity index is 2.66. The minimum absolute atomic E-state index is 0.0254. The van der Waals surface area contributed by atoms with E-state index in [9.17, 15) is 13.9 Å². The Bertz CT molecular complexity index is 906. The van der Waals surface area contributed by atoms with Gasteiger partial charge in [0.2, 0.25) is 0 Å². The maximum absolute atomic E-state index is 13.7. The van der Waals surface area contributed by atoms with Crippen LogP contribution < -0.4 is 0 Å². The predicted octanol–water partition coefficient (Wildman–Crippen LogP) is 5.70. The number of para-hydroxylation sites is 1. The molecule has 0 N–H and O–H groups in total. The zero-order valence-electron chi connectivity index (χ0n) is 18.2. The highest BCUT2D eigenvalue weighted by Gasteiger charge is 2.51. The summed E-state index contributed by atoms with van der Waals surface area (Å²) in [5.74, 6) is -0.0999. The van der Waals surface area contributed by atoms with Gasteiger partial charge in [0.05, 0.1) is 26.4 Å². The molecule has 1 heterocycles. The Labute approximate surface area is 177 Å². The summed E-state index contributed by atoms with van der Waals surface area (Å²) in [5.41, 5.74) is 1.27. The molecule has 0 aliphatic carbocycles. The molecule has 0 radical (unpaired) electrons. The number of carbonyl (C=O) groups is 1. The van der Waals surface area contributed by atoms with Crippen molar-refractivity contribution in [3.8, 4) is 0 Å². The maximum Gasteiger partial charge on any atom is 0.347 e. The second-order valence-electron chi connectivity index (χ2n) is 6.50. The van der Waals surface area contributed by atoms with Crippen LogP contribution in [0.4, 0.5) is 0 Å². The van der Waals surface area contributed by atoms with Crippen molar-refractivity contribution in [1.82, 2.24) is 4.57 Å². The Morgan fingerprint density at radius 3 is 1.80 bits per heavy atom. The van der Waals surface area contributed by atoms with Gasteiger partial charge in [-0.15, -0.1) is 0 Å². The van der Waals surface area contributed by atoms with Gasteiger partial charge < -0.3 is 22.7 Å². The third-order valence-electron chi connectivity index (χ3n) is 4.49. The first kappa shape index (κ1) is 25.0. The quantitative estimate of drug-likeness (QED) is 0.280. The summed E-state index contributed by atoms with van der Waals surface area (Å²) in [5, 5.41) is -0.436.